The Morgan fingerprint density at radius 3 is 2.29 bits per heavy atom. The number of carbonyl (C=O) groups excluding carboxylic acids is 1. The van der Waals surface area contributed by atoms with Crippen LogP contribution >= 0.6 is 23.7 Å². The molecule has 0 aliphatic carbocycles. The minimum absolute atomic E-state index is 0. The highest BCUT2D eigenvalue weighted by Crippen LogP contribution is 2.34. The average molecular weight is 500 g/mol. The van der Waals surface area contributed by atoms with Gasteiger partial charge in [0.1, 0.15) is 11.5 Å². The molecular weight excluding hydrogens is 470 g/mol. The van der Waals surface area contributed by atoms with E-state index in [1.54, 1.807) is 19.1 Å². The second kappa shape index (κ2) is 11.5. The fourth-order valence-electron chi connectivity index (χ4n) is 3.90. The van der Waals surface area contributed by atoms with Gasteiger partial charge in [-0.25, -0.2) is 4.98 Å². The van der Waals surface area contributed by atoms with Gasteiger partial charge in [0.15, 0.2) is 5.13 Å². The molecule has 180 valence electrons. The number of methoxy groups -OCH3 is 2. The molecule has 0 unspecified atom stereocenters. The monoisotopic (exact) mass is 499 g/mol. The van der Waals surface area contributed by atoms with Crippen molar-refractivity contribution in [2.24, 2.45) is 0 Å². The first-order valence-electron chi connectivity index (χ1n) is 11.1. The first kappa shape index (κ1) is 25.7. The van der Waals surface area contributed by atoms with Gasteiger partial charge in [-0.1, -0.05) is 49.4 Å². The van der Waals surface area contributed by atoms with Crippen molar-refractivity contribution in [3.63, 3.8) is 0 Å². The molecule has 0 fully saturated rings. The normalized spacial score (nSPS) is 11.0. The zero-order valence-corrected chi connectivity index (χ0v) is 21.5. The maximum Gasteiger partial charge on any atom is 0.263 e. The van der Waals surface area contributed by atoms with Gasteiger partial charge in [0.2, 0.25) is 0 Å². The first-order chi connectivity index (χ1) is 16.1. The van der Waals surface area contributed by atoms with Crippen LogP contribution in [0, 0.1) is 0 Å². The van der Waals surface area contributed by atoms with Gasteiger partial charge in [-0.2, -0.15) is 0 Å². The molecule has 4 rings (SSSR count). The van der Waals surface area contributed by atoms with Crippen molar-refractivity contribution in [3.8, 4) is 11.5 Å². The second-order valence-corrected chi connectivity index (χ2v) is 8.72. The molecule has 0 saturated heterocycles. The maximum absolute atomic E-state index is 13.9. The van der Waals surface area contributed by atoms with E-state index in [1.165, 1.54) is 11.3 Å². The van der Waals surface area contributed by atoms with Crippen LogP contribution in [-0.2, 0) is 0 Å². The molecule has 0 bridgehead atoms. The van der Waals surface area contributed by atoms with Gasteiger partial charge in [-0.3, -0.25) is 9.69 Å². The summed E-state index contributed by atoms with van der Waals surface area (Å²) in [6, 6.07) is 17.6. The lowest BCUT2D eigenvalue weighted by molar-refractivity contribution is 0.0981. The van der Waals surface area contributed by atoms with Crippen molar-refractivity contribution in [2.45, 2.75) is 13.8 Å². The number of benzene rings is 3. The molecule has 0 aliphatic rings. The van der Waals surface area contributed by atoms with Crippen LogP contribution < -0.4 is 14.4 Å². The van der Waals surface area contributed by atoms with Gasteiger partial charge in [-0.15, -0.1) is 12.4 Å². The van der Waals surface area contributed by atoms with E-state index in [2.05, 4.69) is 18.7 Å². The summed E-state index contributed by atoms with van der Waals surface area (Å²) in [5.74, 6) is 1.22. The molecule has 0 radical (unpaired) electrons. The van der Waals surface area contributed by atoms with Crippen molar-refractivity contribution >= 4 is 55.8 Å². The summed E-state index contributed by atoms with van der Waals surface area (Å²) in [5.41, 5.74) is 1.38. The van der Waals surface area contributed by atoms with Gasteiger partial charge < -0.3 is 14.4 Å². The highest BCUT2D eigenvalue weighted by atomic mass is 35.5. The summed E-state index contributed by atoms with van der Waals surface area (Å²) in [7, 11) is 3.25. The Labute approximate surface area is 210 Å². The van der Waals surface area contributed by atoms with E-state index in [-0.39, 0.29) is 18.3 Å². The molecule has 0 N–H and O–H groups in total. The molecule has 6 nitrogen and oxygen atoms in total. The zero-order chi connectivity index (χ0) is 23.4. The third kappa shape index (κ3) is 5.27. The number of hydrogen-bond donors (Lipinski definition) is 0. The van der Waals surface area contributed by atoms with E-state index in [4.69, 9.17) is 14.5 Å². The molecule has 3 aromatic carbocycles. The van der Waals surface area contributed by atoms with Crippen LogP contribution in [0.1, 0.15) is 24.2 Å². The molecule has 1 aromatic heterocycles. The van der Waals surface area contributed by atoms with Crippen molar-refractivity contribution in [2.75, 3.05) is 45.3 Å². The SMILES string of the molecule is CCN(CC)CCN(C(=O)c1cc2ccccc2cc1OC)c1nc2ccc(OC)cc2s1.Cl. The van der Waals surface area contributed by atoms with Crippen molar-refractivity contribution in [1.29, 1.82) is 0 Å². The van der Waals surface area contributed by atoms with E-state index >= 15 is 0 Å². The number of aromatic nitrogens is 1. The van der Waals surface area contributed by atoms with E-state index in [0.717, 1.165) is 46.4 Å². The number of halogens is 1. The third-order valence-electron chi connectivity index (χ3n) is 5.89. The number of nitrogens with zero attached hydrogens (tertiary/aromatic N) is 3. The zero-order valence-electron chi connectivity index (χ0n) is 19.9. The number of fused-ring (bicyclic) bond motifs is 2. The minimum atomic E-state index is -0.115. The summed E-state index contributed by atoms with van der Waals surface area (Å²) in [6.07, 6.45) is 0. The van der Waals surface area contributed by atoms with Crippen LogP contribution in [0.3, 0.4) is 0 Å². The molecule has 1 heterocycles. The number of hydrogen-bond acceptors (Lipinski definition) is 6. The number of thiazole rings is 1. The van der Waals surface area contributed by atoms with Crippen molar-refractivity contribution in [3.05, 3.63) is 60.2 Å². The lowest BCUT2D eigenvalue weighted by Gasteiger charge is -2.25. The van der Waals surface area contributed by atoms with Crippen LogP contribution in [-0.4, -0.2) is 56.2 Å². The number of carbonyl (C=O) groups is 1. The molecule has 0 aliphatic heterocycles. The van der Waals surface area contributed by atoms with Gasteiger partial charge in [-0.05, 0) is 54.2 Å². The van der Waals surface area contributed by atoms with Crippen LogP contribution in [0.5, 0.6) is 11.5 Å². The van der Waals surface area contributed by atoms with Crippen LogP contribution in [0.2, 0.25) is 0 Å². The molecule has 8 heteroatoms. The van der Waals surface area contributed by atoms with Crippen molar-refractivity contribution in [1.82, 2.24) is 9.88 Å². The lowest BCUT2D eigenvalue weighted by atomic mass is 10.0. The first-order valence-corrected chi connectivity index (χ1v) is 11.9. The summed E-state index contributed by atoms with van der Waals surface area (Å²) in [4.78, 5) is 22.8. The molecular formula is C26H30ClN3O3S. The quantitative estimate of drug-likeness (QED) is 0.288. The lowest BCUT2D eigenvalue weighted by Crippen LogP contribution is -2.39. The van der Waals surface area contributed by atoms with Gasteiger partial charge in [0, 0.05) is 13.1 Å². The summed E-state index contributed by atoms with van der Waals surface area (Å²) in [5, 5.41) is 2.71. The van der Waals surface area contributed by atoms with E-state index < -0.39 is 0 Å². The Balaban J connectivity index is 0.00000324. The van der Waals surface area contributed by atoms with Crippen LogP contribution in [0.15, 0.2) is 54.6 Å². The predicted octanol–water partition coefficient (Wildman–Crippen LogP) is 5.88. The Bertz CT molecular complexity index is 1270. The third-order valence-corrected chi connectivity index (χ3v) is 6.93. The predicted molar refractivity (Wildman–Crippen MR) is 143 cm³/mol. The Morgan fingerprint density at radius 2 is 1.65 bits per heavy atom. The van der Waals surface area contributed by atoms with Gasteiger partial charge in [0.25, 0.3) is 5.91 Å². The fourth-order valence-corrected chi connectivity index (χ4v) is 4.92. The molecule has 34 heavy (non-hydrogen) atoms. The molecule has 1 amide bonds. The number of rotatable bonds is 9. The minimum Gasteiger partial charge on any atom is -0.497 e. The van der Waals surface area contributed by atoms with Gasteiger partial charge in [0.05, 0.1) is 30.0 Å². The van der Waals surface area contributed by atoms with Crippen LogP contribution in [0.25, 0.3) is 21.0 Å². The fraction of sp³-hybridized carbons (Fsp3) is 0.308. The summed E-state index contributed by atoms with van der Waals surface area (Å²) >= 11 is 1.50. The maximum atomic E-state index is 13.9. The van der Waals surface area contributed by atoms with E-state index in [0.29, 0.717) is 23.0 Å². The summed E-state index contributed by atoms with van der Waals surface area (Å²) in [6.45, 7) is 7.41. The standard InChI is InChI=1S/C26H29N3O3S.ClH/c1-5-28(6-2)13-14-29(26-27-22-12-11-20(31-3)17-24(22)33-26)25(30)21-15-18-9-7-8-10-19(18)16-23(21)32-4;/h7-12,15-17H,5-6,13-14H2,1-4H3;1H. The average Bonchev–Trinajstić information content (AvgIpc) is 3.28. The molecule has 0 atom stereocenters. The number of ether oxygens (including phenoxy) is 2. The highest BCUT2D eigenvalue weighted by molar-refractivity contribution is 7.22. The Hall–Kier alpha value is -2.87. The Morgan fingerprint density at radius 1 is 0.941 bits per heavy atom. The van der Waals surface area contributed by atoms with Crippen LogP contribution in [0.4, 0.5) is 5.13 Å². The smallest absolute Gasteiger partial charge is 0.263 e. The van der Waals surface area contributed by atoms with E-state index in [1.807, 2.05) is 54.6 Å². The van der Waals surface area contributed by atoms with Crippen molar-refractivity contribution < 1.29 is 14.3 Å². The molecule has 4 aromatic rings. The molecule has 0 spiro atoms. The topological polar surface area (TPSA) is 54.9 Å². The number of anilines is 1. The molecule has 0 saturated carbocycles. The largest absolute Gasteiger partial charge is 0.497 e. The highest BCUT2D eigenvalue weighted by Gasteiger charge is 2.25. The Kier molecular flexibility index (Phi) is 8.72. The van der Waals surface area contributed by atoms with Gasteiger partial charge >= 0.3 is 0 Å². The van der Waals surface area contributed by atoms with E-state index in [9.17, 15) is 4.79 Å². The summed E-state index contributed by atoms with van der Waals surface area (Å²) < 4.78 is 12.0. The second-order valence-electron chi connectivity index (χ2n) is 7.71. The number of likely N-dealkylation sites (N-methyl/N-ethyl adjacent to an activating group) is 1. The number of amides is 1.